The molecule has 2 aromatic rings. The Kier molecular flexibility index (Phi) is 2.65. The lowest BCUT2D eigenvalue weighted by Gasteiger charge is -1.92. The van der Waals surface area contributed by atoms with Crippen molar-refractivity contribution in [2.45, 2.75) is 6.54 Å². The molecule has 0 unspecified atom stereocenters. The molecule has 0 saturated carbocycles. The van der Waals surface area contributed by atoms with Crippen LogP contribution < -0.4 is 0 Å². The van der Waals surface area contributed by atoms with E-state index in [-0.39, 0.29) is 0 Å². The minimum atomic E-state index is 0.664. The van der Waals surface area contributed by atoms with Gasteiger partial charge in [-0.05, 0) is 24.9 Å². The SMILES string of the molecule is C=NCc1ccc(-c2ncccn2)s1. The van der Waals surface area contributed by atoms with Gasteiger partial charge in [0, 0.05) is 17.3 Å². The van der Waals surface area contributed by atoms with Crippen LogP contribution in [0.15, 0.2) is 35.6 Å². The molecule has 0 aromatic carbocycles. The molecule has 0 fully saturated rings. The molecule has 0 saturated heterocycles. The molecule has 4 heteroatoms. The fourth-order valence-corrected chi connectivity index (χ4v) is 2.03. The molecule has 0 amide bonds. The lowest BCUT2D eigenvalue weighted by Crippen LogP contribution is -1.81. The molecule has 0 aliphatic carbocycles. The van der Waals surface area contributed by atoms with Crippen molar-refractivity contribution >= 4 is 18.1 Å². The molecule has 14 heavy (non-hydrogen) atoms. The molecule has 2 rings (SSSR count). The molecular weight excluding hydrogens is 194 g/mol. The smallest absolute Gasteiger partial charge is 0.169 e. The summed E-state index contributed by atoms with van der Waals surface area (Å²) < 4.78 is 0. The van der Waals surface area contributed by atoms with Gasteiger partial charge in [-0.3, -0.25) is 4.99 Å². The molecule has 2 heterocycles. The molecule has 0 aliphatic rings. The maximum Gasteiger partial charge on any atom is 0.169 e. The monoisotopic (exact) mass is 203 g/mol. The van der Waals surface area contributed by atoms with Gasteiger partial charge in [-0.2, -0.15) is 0 Å². The first-order chi connectivity index (χ1) is 6.90. The van der Waals surface area contributed by atoms with Crippen LogP contribution in [0.4, 0.5) is 0 Å². The Balaban J connectivity index is 2.29. The predicted molar refractivity (Wildman–Crippen MR) is 58.6 cm³/mol. The number of hydrogen-bond acceptors (Lipinski definition) is 4. The Bertz CT molecular complexity index is 422. The van der Waals surface area contributed by atoms with Crippen LogP contribution in [0.1, 0.15) is 4.88 Å². The highest BCUT2D eigenvalue weighted by Gasteiger charge is 2.03. The van der Waals surface area contributed by atoms with Crippen molar-refractivity contribution in [2.24, 2.45) is 4.99 Å². The zero-order valence-corrected chi connectivity index (χ0v) is 8.37. The lowest BCUT2D eigenvalue weighted by atomic mass is 10.4. The number of nitrogens with zero attached hydrogens (tertiary/aromatic N) is 3. The summed E-state index contributed by atoms with van der Waals surface area (Å²) in [6, 6.07) is 5.86. The zero-order chi connectivity index (χ0) is 9.80. The number of rotatable bonds is 3. The van der Waals surface area contributed by atoms with Gasteiger partial charge < -0.3 is 0 Å². The summed E-state index contributed by atoms with van der Waals surface area (Å²) in [6.07, 6.45) is 3.49. The standard InChI is InChI=1S/C10H9N3S/c1-11-7-8-3-4-9(14-8)10-12-5-2-6-13-10/h2-6H,1,7H2. The third-order valence-electron chi connectivity index (χ3n) is 1.72. The highest BCUT2D eigenvalue weighted by molar-refractivity contribution is 7.15. The van der Waals surface area contributed by atoms with E-state index < -0.39 is 0 Å². The van der Waals surface area contributed by atoms with E-state index in [0.29, 0.717) is 6.54 Å². The predicted octanol–water partition coefficient (Wildman–Crippen LogP) is 2.41. The van der Waals surface area contributed by atoms with Crippen LogP contribution in [-0.4, -0.2) is 16.7 Å². The minimum Gasteiger partial charge on any atom is -0.295 e. The highest BCUT2D eigenvalue weighted by Crippen LogP contribution is 2.25. The topological polar surface area (TPSA) is 38.1 Å². The van der Waals surface area contributed by atoms with E-state index in [9.17, 15) is 0 Å². The van der Waals surface area contributed by atoms with Crippen LogP contribution in [0.3, 0.4) is 0 Å². The van der Waals surface area contributed by atoms with Gasteiger partial charge in [0.1, 0.15) is 0 Å². The average molecular weight is 203 g/mol. The number of thiophene rings is 1. The molecule has 0 aliphatic heterocycles. The third-order valence-corrected chi connectivity index (χ3v) is 2.78. The normalized spacial score (nSPS) is 10.0. The fourth-order valence-electron chi connectivity index (χ4n) is 1.12. The van der Waals surface area contributed by atoms with E-state index in [1.54, 1.807) is 23.7 Å². The van der Waals surface area contributed by atoms with E-state index in [1.165, 1.54) is 4.88 Å². The van der Waals surface area contributed by atoms with Gasteiger partial charge >= 0.3 is 0 Å². The first-order valence-electron chi connectivity index (χ1n) is 4.19. The summed E-state index contributed by atoms with van der Waals surface area (Å²) in [6.45, 7) is 4.13. The summed E-state index contributed by atoms with van der Waals surface area (Å²) in [5, 5.41) is 0. The minimum absolute atomic E-state index is 0.664. The van der Waals surface area contributed by atoms with Gasteiger partial charge in [-0.25, -0.2) is 9.97 Å². The largest absolute Gasteiger partial charge is 0.295 e. The lowest BCUT2D eigenvalue weighted by molar-refractivity contribution is 1.12. The van der Waals surface area contributed by atoms with Crippen LogP contribution in [0, 0.1) is 0 Å². The van der Waals surface area contributed by atoms with E-state index in [2.05, 4.69) is 21.7 Å². The molecule has 0 spiro atoms. The van der Waals surface area contributed by atoms with Gasteiger partial charge in [0.15, 0.2) is 5.82 Å². The Morgan fingerprint density at radius 2 is 2.07 bits per heavy atom. The Morgan fingerprint density at radius 3 is 2.79 bits per heavy atom. The molecule has 3 nitrogen and oxygen atoms in total. The number of aromatic nitrogens is 2. The molecule has 0 bridgehead atoms. The maximum atomic E-state index is 4.18. The molecule has 0 radical (unpaired) electrons. The maximum absolute atomic E-state index is 4.18. The quantitative estimate of drug-likeness (QED) is 0.718. The highest BCUT2D eigenvalue weighted by atomic mass is 32.1. The second kappa shape index (κ2) is 4.11. The first kappa shape index (κ1) is 9.02. The van der Waals surface area contributed by atoms with Crippen molar-refractivity contribution in [2.75, 3.05) is 0 Å². The van der Waals surface area contributed by atoms with Crippen molar-refractivity contribution in [1.82, 2.24) is 9.97 Å². The Morgan fingerprint density at radius 1 is 1.29 bits per heavy atom. The second-order valence-corrected chi connectivity index (χ2v) is 3.89. The van der Waals surface area contributed by atoms with Crippen LogP contribution in [0.5, 0.6) is 0 Å². The van der Waals surface area contributed by atoms with E-state index in [0.717, 1.165) is 10.7 Å². The van der Waals surface area contributed by atoms with Gasteiger partial charge in [0.2, 0.25) is 0 Å². The van der Waals surface area contributed by atoms with E-state index >= 15 is 0 Å². The summed E-state index contributed by atoms with van der Waals surface area (Å²) >= 11 is 1.65. The van der Waals surface area contributed by atoms with Crippen molar-refractivity contribution in [1.29, 1.82) is 0 Å². The zero-order valence-electron chi connectivity index (χ0n) is 7.55. The molecular formula is C10H9N3S. The molecule has 2 aromatic heterocycles. The van der Waals surface area contributed by atoms with Gasteiger partial charge in [0.05, 0.1) is 11.4 Å². The second-order valence-electron chi connectivity index (χ2n) is 2.72. The number of aliphatic imine (C=N–C) groups is 1. The first-order valence-corrected chi connectivity index (χ1v) is 5.00. The van der Waals surface area contributed by atoms with E-state index in [1.807, 2.05) is 18.2 Å². The number of hydrogen-bond donors (Lipinski definition) is 0. The van der Waals surface area contributed by atoms with Gasteiger partial charge in [-0.15, -0.1) is 11.3 Å². The van der Waals surface area contributed by atoms with Crippen LogP contribution in [0.2, 0.25) is 0 Å². The fraction of sp³-hybridized carbons (Fsp3) is 0.100. The molecule has 0 N–H and O–H groups in total. The Hall–Kier alpha value is -1.55. The van der Waals surface area contributed by atoms with Crippen LogP contribution in [0.25, 0.3) is 10.7 Å². The summed E-state index contributed by atoms with van der Waals surface area (Å²) in [5.41, 5.74) is 0. The molecule has 70 valence electrons. The molecule has 0 atom stereocenters. The van der Waals surface area contributed by atoms with E-state index in [4.69, 9.17) is 0 Å². The van der Waals surface area contributed by atoms with Crippen molar-refractivity contribution < 1.29 is 0 Å². The summed E-state index contributed by atoms with van der Waals surface area (Å²) in [7, 11) is 0. The summed E-state index contributed by atoms with van der Waals surface area (Å²) in [5.74, 6) is 0.771. The van der Waals surface area contributed by atoms with Gasteiger partial charge in [0.25, 0.3) is 0 Å². The van der Waals surface area contributed by atoms with Gasteiger partial charge in [-0.1, -0.05) is 0 Å². The Labute approximate surface area is 86.2 Å². The summed E-state index contributed by atoms with van der Waals surface area (Å²) in [4.78, 5) is 14.4. The average Bonchev–Trinajstić information content (AvgIpc) is 2.68. The van der Waals surface area contributed by atoms with Crippen molar-refractivity contribution in [3.8, 4) is 10.7 Å². The van der Waals surface area contributed by atoms with Crippen molar-refractivity contribution in [3.05, 3.63) is 35.5 Å². The van der Waals surface area contributed by atoms with Crippen LogP contribution in [-0.2, 0) is 6.54 Å². The third kappa shape index (κ3) is 1.85. The van der Waals surface area contributed by atoms with Crippen LogP contribution >= 0.6 is 11.3 Å². The van der Waals surface area contributed by atoms with Crippen molar-refractivity contribution in [3.63, 3.8) is 0 Å².